The molecule has 1 heterocycles. The lowest BCUT2D eigenvalue weighted by atomic mass is 10.1. The Bertz CT molecular complexity index is 706. The second-order valence-corrected chi connectivity index (χ2v) is 6.23. The van der Waals surface area contributed by atoms with Gasteiger partial charge in [-0.3, -0.25) is 4.79 Å². The highest BCUT2D eigenvalue weighted by molar-refractivity contribution is 5.97. The Morgan fingerprint density at radius 3 is 2.54 bits per heavy atom. The number of likely N-dealkylation sites (tertiary alicyclic amines) is 1. The van der Waals surface area contributed by atoms with E-state index in [2.05, 4.69) is 13.0 Å². The molecule has 1 aliphatic heterocycles. The van der Waals surface area contributed by atoms with E-state index in [0.29, 0.717) is 43.9 Å². The number of hydrogen-bond acceptors (Lipinski definition) is 3. The van der Waals surface area contributed by atoms with Crippen molar-refractivity contribution >= 4 is 5.91 Å². The zero-order chi connectivity index (χ0) is 16.9. The molecule has 0 radical (unpaired) electrons. The standard InChI is InChI=1S/C20H23NO3/c1-15-6-2-3-7-16(15)14-24-19-9-5-4-8-18(19)20(23)21-12-10-17(22)11-13-21/h2-9,17,22H,10-14H2,1H3. The molecule has 126 valence electrons. The predicted octanol–water partition coefficient (Wildman–Crippen LogP) is 3.17. The Labute approximate surface area is 142 Å². The van der Waals surface area contributed by atoms with Crippen LogP contribution in [0.15, 0.2) is 48.5 Å². The fraction of sp³-hybridized carbons (Fsp3) is 0.350. The smallest absolute Gasteiger partial charge is 0.257 e. The molecule has 24 heavy (non-hydrogen) atoms. The number of aliphatic hydroxyl groups excluding tert-OH is 1. The van der Waals surface area contributed by atoms with Crippen LogP contribution in [0.4, 0.5) is 0 Å². The van der Waals surface area contributed by atoms with Gasteiger partial charge in [0, 0.05) is 13.1 Å². The summed E-state index contributed by atoms with van der Waals surface area (Å²) in [5, 5.41) is 9.61. The summed E-state index contributed by atoms with van der Waals surface area (Å²) < 4.78 is 5.94. The van der Waals surface area contributed by atoms with Crippen molar-refractivity contribution in [2.75, 3.05) is 13.1 Å². The Morgan fingerprint density at radius 2 is 1.79 bits per heavy atom. The predicted molar refractivity (Wildman–Crippen MR) is 93.1 cm³/mol. The van der Waals surface area contributed by atoms with Crippen molar-refractivity contribution < 1.29 is 14.6 Å². The first kappa shape index (κ1) is 16.5. The van der Waals surface area contributed by atoms with Crippen LogP contribution in [0.3, 0.4) is 0 Å². The first-order valence-electron chi connectivity index (χ1n) is 8.39. The van der Waals surface area contributed by atoms with Gasteiger partial charge >= 0.3 is 0 Å². The highest BCUT2D eigenvalue weighted by atomic mass is 16.5. The largest absolute Gasteiger partial charge is 0.488 e. The third-order valence-electron chi connectivity index (χ3n) is 4.51. The number of nitrogens with zero attached hydrogens (tertiary/aromatic N) is 1. The molecule has 1 saturated heterocycles. The van der Waals surface area contributed by atoms with Gasteiger partial charge in [0.2, 0.25) is 0 Å². The van der Waals surface area contributed by atoms with Crippen molar-refractivity contribution in [2.45, 2.75) is 32.5 Å². The van der Waals surface area contributed by atoms with Gasteiger partial charge in [-0.2, -0.15) is 0 Å². The van der Waals surface area contributed by atoms with Gasteiger partial charge in [0.1, 0.15) is 12.4 Å². The van der Waals surface area contributed by atoms with Crippen molar-refractivity contribution in [3.05, 3.63) is 65.2 Å². The molecule has 4 nitrogen and oxygen atoms in total. The van der Waals surface area contributed by atoms with E-state index in [1.165, 1.54) is 5.56 Å². The number of carbonyl (C=O) groups is 1. The molecule has 4 heteroatoms. The van der Waals surface area contributed by atoms with Crippen LogP contribution in [0, 0.1) is 6.92 Å². The summed E-state index contributed by atoms with van der Waals surface area (Å²) in [5.41, 5.74) is 2.87. The minimum atomic E-state index is -0.290. The highest BCUT2D eigenvalue weighted by Crippen LogP contribution is 2.23. The molecule has 2 aromatic rings. The molecule has 1 aliphatic rings. The number of piperidine rings is 1. The van der Waals surface area contributed by atoms with Crippen LogP contribution in [0.25, 0.3) is 0 Å². The topological polar surface area (TPSA) is 49.8 Å². The second kappa shape index (κ2) is 7.49. The monoisotopic (exact) mass is 325 g/mol. The zero-order valence-electron chi connectivity index (χ0n) is 13.9. The maximum Gasteiger partial charge on any atom is 0.257 e. The Kier molecular flexibility index (Phi) is 5.16. The number of aryl methyl sites for hydroxylation is 1. The number of ether oxygens (including phenoxy) is 1. The fourth-order valence-electron chi connectivity index (χ4n) is 2.94. The van der Waals surface area contributed by atoms with Crippen LogP contribution in [0.2, 0.25) is 0 Å². The molecule has 0 spiro atoms. The molecular weight excluding hydrogens is 302 g/mol. The number of hydrogen-bond donors (Lipinski definition) is 1. The molecule has 0 bridgehead atoms. The molecule has 1 fully saturated rings. The van der Waals surface area contributed by atoms with Crippen molar-refractivity contribution in [3.63, 3.8) is 0 Å². The SMILES string of the molecule is Cc1ccccc1COc1ccccc1C(=O)N1CCC(O)CC1. The number of benzene rings is 2. The minimum absolute atomic E-state index is 0.0257. The highest BCUT2D eigenvalue weighted by Gasteiger charge is 2.24. The molecule has 0 aromatic heterocycles. The van der Waals surface area contributed by atoms with Gasteiger partial charge in [-0.1, -0.05) is 36.4 Å². The summed E-state index contributed by atoms with van der Waals surface area (Å²) in [6.07, 6.45) is 0.984. The van der Waals surface area contributed by atoms with Crippen LogP contribution >= 0.6 is 0 Å². The van der Waals surface area contributed by atoms with E-state index in [4.69, 9.17) is 4.74 Å². The Hall–Kier alpha value is -2.33. The minimum Gasteiger partial charge on any atom is -0.488 e. The van der Waals surface area contributed by atoms with E-state index >= 15 is 0 Å². The van der Waals surface area contributed by atoms with Gasteiger partial charge in [0.15, 0.2) is 0 Å². The Morgan fingerprint density at radius 1 is 1.12 bits per heavy atom. The van der Waals surface area contributed by atoms with Gasteiger partial charge in [0.05, 0.1) is 11.7 Å². The Balaban J connectivity index is 1.73. The molecule has 3 rings (SSSR count). The summed E-state index contributed by atoms with van der Waals surface area (Å²) in [5.74, 6) is 0.583. The number of carbonyl (C=O) groups excluding carboxylic acids is 1. The van der Waals surface area contributed by atoms with E-state index < -0.39 is 0 Å². The molecule has 0 unspecified atom stereocenters. The molecule has 2 aromatic carbocycles. The average molecular weight is 325 g/mol. The quantitative estimate of drug-likeness (QED) is 0.939. The fourth-order valence-corrected chi connectivity index (χ4v) is 2.94. The molecule has 0 saturated carbocycles. The van der Waals surface area contributed by atoms with Crippen LogP contribution in [-0.4, -0.2) is 35.1 Å². The van der Waals surface area contributed by atoms with Gasteiger partial charge < -0.3 is 14.7 Å². The molecule has 0 aliphatic carbocycles. The zero-order valence-corrected chi connectivity index (χ0v) is 13.9. The van der Waals surface area contributed by atoms with Gasteiger partial charge in [-0.05, 0) is 43.0 Å². The van der Waals surface area contributed by atoms with E-state index in [9.17, 15) is 9.90 Å². The molecule has 0 atom stereocenters. The molecule has 1 N–H and O–H groups in total. The van der Waals surface area contributed by atoms with Crippen molar-refractivity contribution in [3.8, 4) is 5.75 Å². The lowest BCUT2D eigenvalue weighted by Gasteiger charge is -2.30. The summed E-state index contributed by atoms with van der Waals surface area (Å²) in [6.45, 7) is 3.67. The van der Waals surface area contributed by atoms with Crippen LogP contribution in [0.1, 0.15) is 34.3 Å². The van der Waals surface area contributed by atoms with Crippen molar-refractivity contribution in [2.24, 2.45) is 0 Å². The second-order valence-electron chi connectivity index (χ2n) is 6.23. The third-order valence-corrected chi connectivity index (χ3v) is 4.51. The number of aliphatic hydroxyl groups is 1. The van der Waals surface area contributed by atoms with Crippen LogP contribution in [0.5, 0.6) is 5.75 Å². The maximum absolute atomic E-state index is 12.8. The number of para-hydroxylation sites is 1. The van der Waals surface area contributed by atoms with E-state index in [-0.39, 0.29) is 12.0 Å². The number of rotatable bonds is 4. The van der Waals surface area contributed by atoms with Gasteiger partial charge in [0.25, 0.3) is 5.91 Å². The summed E-state index contributed by atoms with van der Waals surface area (Å²) >= 11 is 0. The van der Waals surface area contributed by atoms with Crippen LogP contribution < -0.4 is 4.74 Å². The van der Waals surface area contributed by atoms with Crippen molar-refractivity contribution in [1.29, 1.82) is 0 Å². The lowest BCUT2D eigenvalue weighted by Crippen LogP contribution is -2.40. The first-order valence-corrected chi connectivity index (χ1v) is 8.39. The summed E-state index contributed by atoms with van der Waals surface area (Å²) in [6, 6.07) is 15.4. The molecular formula is C20H23NO3. The lowest BCUT2D eigenvalue weighted by molar-refractivity contribution is 0.0543. The first-order chi connectivity index (χ1) is 11.6. The van der Waals surface area contributed by atoms with Crippen molar-refractivity contribution in [1.82, 2.24) is 4.90 Å². The van der Waals surface area contributed by atoms with E-state index in [1.807, 2.05) is 36.4 Å². The van der Waals surface area contributed by atoms with Gasteiger partial charge in [-0.25, -0.2) is 0 Å². The van der Waals surface area contributed by atoms with Crippen LogP contribution in [-0.2, 0) is 6.61 Å². The van der Waals surface area contributed by atoms with E-state index in [1.54, 1.807) is 11.0 Å². The summed E-state index contributed by atoms with van der Waals surface area (Å²) in [7, 11) is 0. The molecule has 1 amide bonds. The maximum atomic E-state index is 12.8. The number of amides is 1. The normalized spacial score (nSPS) is 15.3. The third kappa shape index (κ3) is 3.77. The summed E-state index contributed by atoms with van der Waals surface area (Å²) in [4.78, 5) is 14.6. The van der Waals surface area contributed by atoms with E-state index in [0.717, 1.165) is 5.56 Å². The van der Waals surface area contributed by atoms with Gasteiger partial charge in [-0.15, -0.1) is 0 Å². The average Bonchev–Trinajstić information content (AvgIpc) is 2.61.